The number of ether oxygens (including phenoxy) is 1. The van der Waals surface area contributed by atoms with E-state index in [1.807, 2.05) is 48.6 Å². The van der Waals surface area contributed by atoms with Crippen molar-refractivity contribution < 1.29 is 14.3 Å². The number of hydrogen-bond donors (Lipinski definition) is 0. The van der Waals surface area contributed by atoms with E-state index in [4.69, 9.17) is 4.74 Å². The zero-order valence-electron chi connectivity index (χ0n) is 27.7. The monoisotopic (exact) mass is 584 g/mol. The van der Waals surface area contributed by atoms with Crippen molar-refractivity contribution in [2.75, 3.05) is 0 Å². The maximum absolute atomic E-state index is 12.1. The molecule has 0 atom stereocenters. The van der Waals surface area contributed by atoms with Crippen LogP contribution in [0.1, 0.15) is 112 Å². The van der Waals surface area contributed by atoms with Crippen LogP contribution in [0.25, 0.3) is 0 Å². The van der Waals surface area contributed by atoms with Crippen LogP contribution in [0.2, 0.25) is 0 Å². The molecule has 0 radical (unpaired) electrons. The van der Waals surface area contributed by atoms with Gasteiger partial charge < -0.3 is 4.74 Å². The third-order valence-electron chi connectivity index (χ3n) is 7.44. The SMILES string of the molecule is CCCCCCCCC/C=C/C=C/C=C/C=C/C=C/C(=O)OC(=O)/C=C(C)/C=C/C=C(C)/C=C/C1=C(C)CCCC1(C)C. The second kappa shape index (κ2) is 23.1. The molecule has 43 heavy (non-hydrogen) atoms. The van der Waals surface area contributed by atoms with Gasteiger partial charge in [-0.1, -0.05) is 156 Å². The molecule has 0 fully saturated rings. The first-order valence-electron chi connectivity index (χ1n) is 16.2. The fraction of sp³-hybridized carbons (Fsp3) is 0.450. The van der Waals surface area contributed by atoms with Gasteiger partial charge >= 0.3 is 11.9 Å². The highest BCUT2D eigenvalue weighted by Crippen LogP contribution is 2.40. The van der Waals surface area contributed by atoms with Gasteiger partial charge in [0, 0.05) is 12.2 Å². The van der Waals surface area contributed by atoms with E-state index >= 15 is 0 Å². The van der Waals surface area contributed by atoms with Crippen LogP contribution in [0.15, 0.2) is 120 Å². The lowest BCUT2D eigenvalue weighted by Gasteiger charge is -2.32. The molecule has 0 spiro atoms. The quantitative estimate of drug-likeness (QED) is 0.0529. The van der Waals surface area contributed by atoms with Crippen LogP contribution in [-0.4, -0.2) is 11.9 Å². The Hall–Kier alpha value is -3.46. The smallest absolute Gasteiger partial charge is 0.338 e. The molecule has 234 valence electrons. The standard InChI is InChI=1S/C40H56O3/c1-7-8-9-10-11-12-13-14-15-16-17-18-19-20-21-22-23-29-38(41)43-39(42)33-35(3)27-24-26-34(2)30-31-37-36(4)28-25-32-40(37,5)6/h15-24,26-27,29-31,33H,7-14,25,28,32H2,1-6H3/b16-15+,18-17+,20-19+,22-21+,27-24+,29-23+,31-30+,34-26+,35-33+. The summed E-state index contributed by atoms with van der Waals surface area (Å²) in [5.41, 5.74) is 4.96. The van der Waals surface area contributed by atoms with Crippen molar-refractivity contribution in [1.29, 1.82) is 0 Å². The first-order valence-corrected chi connectivity index (χ1v) is 16.2. The summed E-state index contributed by atoms with van der Waals surface area (Å²) in [6.45, 7) is 13.0. The zero-order valence-corrected chi connectivity index (χ0v) is 27.7. The van der Waals surface area contributed by atoms with Crippen molar-refractivity contribution in [3.8, 4) is 0 Å². The van der Waals surface area contributed by atoms with E-state index in [2.05, 4.69) is 58.9 Å². The molecule has 1 aliphatic carbocycles. The maximum Gasteiger partial charge on any atom is 0.338 e. The summed E-state index contributed by atoms with van der Waals surface area (Å²) < 4.78 is 4.84. The Labute approximate surface area is 263 Å². The van der Waals surface area contributed by atoms with Crippen LogP contribution in [0.5, 0.6) is 0 Å². The minimum absolute atomic E-state index is 0.218. The summed E-state index contributed by atoms with van der Waals surface area (Å²) in [7, 11) is 0. The molecule has 0 aliphatic heterocycles. The van der Waals surface area contributed by atoms with Gasteiger partial charge in [0.05, 0.1) is 0 Å². The van der Waals surface area contributed by atoms with E-state index in [9.17, 15) is 9.59 Å². The van der Waals surface area contributed by atoms with Gasteiger partial charge in [-0.2, -0.15) is 0 Å². The summed E-state index contributed by atoms with van der Waals surface area (Å²) in [5, 5.41) is 0. The van der Waals surface area contributed by atoms with Crippen molar-refractivity contribution in [3.05, 3.63) is 120 Å². The van der Waals surface area contributed by atoms with Gasteiger partial charge in [0.15, 0.2) is 0 Å². The normalized spacial score (nSPS) is 17.0. The van der Waals surface area contributed by atoms with E-state index in [1.165, 1.54) is 87.5 Å². The number of rotatable bonds is 18. The molecule has 0 heterocycles. The highest BCUT2D eigenvalue weighted by molar-refractivity contribution is 5.97. The van der Waals surface area contributed by atoms with E-state index in [1.54, 1.807) is 19.1 Å². The minimum Gasteiger partial charge on any atom is -0.387 e. The van der Waals surface area contributed by atoms with Crippen LogP contribution in [-0.2, 0) is 14.3 Å². The summed E-state index contributed by atoms with van der Waals surface area (Å²) in [4.78, 5) is 24.0. The Morgan fingerprint density at radius 1 is 0.744 bits per heavy atom. The number of unbranched alkanes of at least 4 members (excludes halogenated alkanes) is 7. The van der Waals surface area contributed by atoms with Gasteiger partial charge in [0.25, 0.3) is 0 Å². The number of carbonyl (C=O) groups is 2. The molecule has 0 aromatic carbocycles. The van der Waals surface area contributed by atoms with E-state index in [0.29, 0.717) is 5.57 Å². The second-order valence-corrected chi connectivity index (χ2v) is 12.0. The number of esters is 2. The van der Waals surface area contributed by atoms with Crippen LogP contribution in [0, 0.1) is 5.41 Å². The van der Waals surface area contributed by atoms with Crippen molar-refractivity contribution >= 4 is 11.9 Å². The Morgan fingerprint density at radius 3 is 2.05 bits per heavy atom. The van der Waals surface area contributed by atoms with Gasteiger partial charge in [-0.05, 0) is 69.4 Å². The van der Waals surface area contributed by atoms with Crippen LogP contribution in [0.4, 0.5) is 0 Å². The first-order chi connectivity index (χ1) is 20.7. The molecular weight excluding hydrogens is 528 g/mol. The third kappa shape index (κ3) is 19.4. The van der Waals surface area contributed by atoms with Gasteiger partial charge in [0.1, 0.15) is 0 Å². The molecule has 1 rings (SSSR count). The highest BCUT2D eigenvalue weighted by Gasteiger charge is 2.26. The Morgan fingerprint density at radius 2 is 1.37 bits per heavy atom. The fourth-order valence-corrected chi connectivity index (χ4v) is 4.94. The lowest BCUT2D eigenvalue weighted by atomic mass is 9.72. The van der Waals surface area contributed by atoms with Crippen LogP contribution < -0.4 is 0 Å². The third-order valence-corrected chi connectivity index (χ3v) is 7.44. The maximum atomic E-state index is 12.1. The van der Waals surface area contributed by atoms with Crippen molar-refractivity contribution in [2.45, 2.75) is 112 Å². The van der Waals surface area contributed by atoms with Gasteiger partial charge in [-0.25, -0.2) is 9.59 Å². The topological polar surface area (TPSA) is 43.4 Å². The molecule has 0 bridgehead atoms. The Balaban J connectivity index is 2.34. The molecule has 0 N–H and O–H groups in total. The average Bonchev–Trinajstić information content (AvgIpc) is 2.94. The molecule has 0 aromatic heterocycles. The molecule has 0 aromatic rings. The zero-order chi connectivity index (χ0) is 31.8. The van der Waals surface area contributed by atoms with E-state index in [0.717, 1.165) is 12.0 Å². The molecule has 0 amide bonds. The van der Waals surface area contributed by atoms with E-state index in [-0.39, 0.29) is 5.41 Å². The summed E-state index contributed by atoms with van der Waals surface area (Å²) >= 11 is 0. The molecule has 1 aliphatic rings. The Bertz CT molecular complexity index is 1160. The number of carbonyl (C=O) groups excluding carboxylic acids is 2. The van der Waals surface area contributed by atoms with Gasteiger partial charge in [0.2, 0.25) is 0 Å². The summed E-state index contributed by atoms with van der Waals surface area (Å²) in [5.74, 6) is -1.39. The number of hydrogen-bond acceptors (Lipinski definition) is 3. The molecular formula is C40H56O3. The fourth-order valence-electron chi connectivity index (χ4n) is 4.94. The Kier molecular flexibility index (Phi) is 20.1. The summed E-state index contributed by atoms with van der Waals surface area (Å²) in [6.07, 6.45) is 43.9. The lowest BCUT2D eigenvalue weighted by Crippen LogP contribution is -2.19. The van der Waals surface area contributed by atoms with Crippen molar-refractivity contribution in [1.82, 2.24) is 0 Å². The minimum atomic E-state index is -0.700. The van der Waals surface area contributed by atoms with Crippen molar-refractivity contribution in [3.63, 3.8) is 0 Å². The molecule has 0 unspecified atom stereocenters. The second-order valence-electron chi connectivity index (χ2n) is 12.0. The summed E-state index contributed by atoms with van der Waals surface area (Å²) in [6, 6.07) is 0. The molecule has 0 saturated heterocycles. The van der Waals surface area contributed by atoms with Crippen molar-refractivity contribution in [2.24, 2.45) is 5.41 Å². The van der Waals surface area contributed by atoms with Gasteiger partial charge in [-0.3, -0.25) is 0 Å². The van der Waals surface area contributed by atoms with Gasteiger partial charge in [-0.15, -0.1) is 0 Å². The predicted octanol–water partition coefficient (Wildman–Crippen LogP) is 11.5. The van der Waals surface area contributed by atoms with Crippen LogP contribution in [0.3, 0.4) is 0 Å². The molecule has 3 nitrogen and oxygen atoms in total. The largest absolute Gasteiger partial charge is 0.387 e. The highest BCUT2D eigenvalue weighted by atomic mass is 16.6. The number of allylic oxidation sites excluding steroid dienone is 18. The first kappa shape index (κ1) is 37.6. The van der Waals surface area contributed by atoms with Crippen LogP contribution >= 0.6 is 0 Å². The molecule has 0 saturated carbocycles. The average molecular weight is 585 g/mol. The predicted molar refractivity (Wildman–Crippen MR) is 186 cm³/mol. The van der Waals surface area contributed by atoms with E-state index < -0.39 is 11.9 Å². The lowest BCUT2D eigenvalue weighted by molar-refractivity contribution is -0.152. The molecule has 3 heteroatoms.